The van der Waals surface area contributed by atoms with Gasteiger partial charge in [0.2, 0.25) is 5.88 Å². The van der Waals surface area contributed by atoms with Gasteiger partial charge in [-0.05, 0) is 18.8 Å². The lowest BCUT2D eigenvalue weighted by Crippen LogP contribution is -2.19. The highest BCUT2D eigenvalue weighted by Gasteiger charge is 2.20. The van der Waals surface area contributed by atoms with Gasteiger partial charge in [-0.3, -0.25) is 0 Å². The highest BCUT2D eigenvalue weighted by molar-refractivity contribution is 5.38. The van der Waals surface area contributed by atoms with Crippen LogP contribution in [0.1, 0.15) is 58.7 Å². The van der Waals surface area contributed by atoms with Gasteiger partial charge in [0.25, 0.3) is 0 Å². The van der Waals surface area contributed by atoms with Gasteiger partial charge in [0, 0.05) is 18.5 Å². The molecule has 0 aromatic carbocycles. The molecule has 1 saturated carbocycles. The number of nitrogens with one attached hydrogen (secondary N) is 1. The molecule has 1 aliphatic carbocycles. The van der Waals surface area contributed by atoms with E-state index in [1.807, 2.05) is 13.1 Å². The van der Waals surface area contributed by atoms with Crippen LogP contribution in [0, 0.1) is 5.92 Å². The third-order valence-corrected chi connectivity index (χ3v) is 3.82. The molecular weight excluding hydrogens is 250 g/mol. The Balaban J connectivity index is 2.06. The van der Waals surface area contributed by atoms with E-state index < -0.39 is 0 Å². The molecule has 0 aliphatic heterocycles. The van der Waals surface area contributed by atoms with Gasteiger partial charge in [-0.25, -0.2) is 4.98 Å². The summed E-state index contributed by atoms with van der Waals surface area (Å²) in [6, 6.07) is 1.89. The summed E-state index contributed by atoms with van der Waals surface area (Å²) in [5.41, 5.74) is -0.0736. The summed E-state index contributed by atoms with van der Waals surface area (Å²) in [5.74, 6) is 3.03. The summed E-state index contributed by atoms with van der Waals surface area (Å²) < 4.78 is 5.93. The van der Waals surface area contributed by atoms with Crippen molar-refractivity contribution in [3.05, 3.63) is 11.9 Å². The number of hydrogen-bond acceptors (Lipinski definition) is 4. The van der Waals surface area contributed by atoms with E-state index >= 15 is 0 Å². The first kappa shape index (κ1) is 15.1. The number of aromatic nitrogens is 2. The Morgan fingerprint density at radius 3 is 2.50 bits per heavy atom. The molecule has 20 heavy (non-hydrogen) atoms. The Labute approximate surface area is 122 Å². The molecule has 1 aromatic heterocycles. The predicted molar refractivity (Wildman–Crippen MR) is 82.3 cm³/mol. The third-order valence-electron chi connectivity index (χ3n) is 3.82. The van der Waals surface area contributed by atoms with Gasteiger partial charge in [-0.2, -0.15) is 4.98 Å². The Bertz CT molecular complexity index is 434. The number of hydrogen-bond donors (Lipinski definition) is 1. The van der Waals surface area contributed by atoms with Crippen molar-refractivity contribution in [2.24, 2.45) is 5.92 Å². The van der Waals surface area contributed by atoms with E-state index in [2.05, 4.69) is 36.1 Å². The number of rotatable bonds is 4. The lowest BCUT2D eigenvalue weighted by atomic mass is 9.90. The first-order chi connectivity index (χ1) is 9.49. The Morgan fingerprint density at radius 2 is 1.90 bits per heavy atom. The molecule has 0 saturated heterocycles. The Hall–Kier alpha value is -1.32. The van der Waals surface area contributed by atoms with Crippen LogP contribution in [0.25, 0.3) is 0 Å². The monoisotopic (exact) mass is 277 g/mol. The van der Waals surface area contributed by atoms with Crippen LogP contribution < -0.4 is 10.1 Å². The average Bonchev–Trinajstić information content (AvgIpc) is 2.45. The second-order valence-corrected chi connectivity index (χ2v) is 6.73. The van der Waals surface area contributed by atoms with E-state index in [1.54, 1.807) is 0 Å². The zero-order valence-electron chi connectivity index (χ0n) is 13.2. The molecule has 0 radical (unpaired) electrons. The zero-order valence-corrected chi connectivity index (χ0v) is 13.2. The number of ether oxygens (including phenoxy) is 1. The van der Waals surface area contributed by atoms with Crippen molar-refractivity contribution in [2.75, 3.05) is 19.0 Å². The van der Waals surface area contributed by atoms with Gasteiger partial charge in [-0.15, -0.1) is 0 Å². The molecule has 0 bridgehead atoms. The van der Waals surface area contributed by atoms with Crippen molar-refractivity contribution in [1.29, 1.82) is 0 Å². The Morgan fingerprint density at radius 1 is 1.20 bits per heavy atom. The molecule has 4 nitrogen and oxygen atoms in total. The molecule has 0 amide bonds. The van der Waals surface area contributed by atoms with Crippen LogP contribution in [0.3, 0.4) is 0 Å². The average molecular weight is 277 g/mol. The van der Waals surface area contributed by atoms with Crippen molar-refractivity contribution < 1.29 is 4.74 Å². The van der Waals surface area contributed by atoms with Crippen LogP contribution in [-0.2, 0) is 5.41 Å². The summed E-state index contributed by atoms with van der Waals surface area (Å²) in [7, 11) is 1.87. The molecule has 112 valence electrons. The number of anilines is 1. The molecule has 1 aliphatic rings. The highest BCUT2D eigenvalue weighted by Crippen LogP contribution is 2.26. The zero-order chi connectivity index (χ0) is 14.6. The van der Waals surface area contributed by atoms with E-state index in [9.17, 15) is 0 Å². The second-order valence-electron chi connectivity index (χ2n) is 6.73. The summed E-state index contributed by atoms with van der Waals surface area (Å²) >= 11 is 0. The van der Waals surface area contributed by atoms with E-state index in [0.717, 1.165) is 18.2 Å². The standard InChI is InChI=1S/C16H27N3O/c1-16(2,3)15-18-13(17-4)10-14(19-15)20-11-12-8-6-5-7-9-12/h10,12H,5-9,11H2,1-4H3,(H,17,18,19). The fourth-order valence-electron chi connectivity index (χ4n) is 2.52. The first-order valence-corrected chi connectivity index (χ1v) is 7.69. The molecule has 1 aromatic rings. The fraction of sp³-hybridized carbons (Fsp3) is 0.750. The quantitative estimate of drug-likeness (QED) is 0.910. The lowest BCUT2D eigenvalue weighted by molar-refractivity contribution is 0.201. The van der Waals surface area contributed by atoms with Crippen LogP contribution in [-0.4, -0.2) is 23.6 Å². The summed E-state index contributed by atoms with van der Waals surface area (Å²) in [5, 5.41) is 3.09. The summed E-state index contributed by atoms with van der Waals surface area (Å²) in [6.45, 7) is 7.13. The lowest BCUT2D eigenvalue weighted by Gasteiger charge is -2.22. The predicted octanol–water partition coefficient (Wildman–Crippen LogP) is 3.77. The molecule has 0 atom stereocenters. The molecule has 0 unspecified atom stereocenters. The van der Waals surface area contributed by atoms with Crippen molar-refractivity contribution in [2.45, 2.75) is 58.3 Å². The van der Waals surface area contributed by atoms with Crippen molar-refractivity contribution in [3.8, 4) is 5.88 Å². The van der Waals surface area contributed by atoms with Gasteiger partial charge in [0.15, 0.2) is 0 Å². The minimum absolute atomic E-state index is 0.0736. The topological polar surface area (TPSA) is 47.0 Å². The van der Waals surface area contributed by atoms with Crippen molar-refractivity contribution in [3.63, 3.8) is 0 Å². The molecule has 1 N–H and O–H groups in total. The minimum Gasteiger partial charge on any atom is -0.477 e. The fourth-order valence-corrected chi connectivity index (χ4v) is 2.52. The van der Waals surface area contributed by atoms with Gasteiger partial charge in [0.05, 0.1) is 6.61 Å². The number of nitrogens with zero attached hydrogens (tertiary/aromatic N) is 2. The van der Waals surface area contributed by atoms with Crippen molar-refractivity contribution >= 4 is 5.82 Å². The molecule has 1 heterocycles. The van der Waals surface area contributed by atoms with E-state index in [1.165, 1.54) is 32.1 Å². The SMILES string of the molecule is CNc1cc(OCC2CCCCC2)nc(C(C)(C)C)n1. The Kier molecular flexibility index (Phi) is 4.84. The molecule has 1 fully saturated rings. The van der Waals surface area contributed by atoms with Crippen LogP contribution in [0.15, 0.2) is 6.07 Å². The third kappa shape index (κ3) is 4.09. The second kappa shape index (κ2) is 6.42. The van der Waals surface area contributed by atoms with Gasteiger partial charge >= 0.3 is 0 Å². The maximum absolute atomic E-state index is 5.93. The van der Waals surface area contributed by atoms with Crippen LogP contribution in [0.4, 0.5) is 5.82 Å². The maximum Gasteiger partial charge on any atom is 0.218 e. The minimum atomic E-state index is -0.0736. The van der Waals surface area contributed by atoms with Gasteiger partial charge < -0.3 is 10.1 Å². The van der Waals surface area contributed by atoms with Gasteiger partial charge in [-0.1, -0.05) is 40.0 Å². The van der Waals surface area contributed by atoms with Crippen LogP contribution in [0.2, 0.25) is 0 Å². The molecule has 2 rings (SSSR count). The highest BCUT2D eigenvalue weighted by atomic mass is 16.5. The van der Waals surface area contributed by atoms with E-state index in [0.29, 0.717) is 11.8 Å². The summed E-state index contributed by atoms with van der Waals surface area (Å²) in [4.78, 5) is 9.08. The molecular formula is C16H27N3O. The van der Waals surface area contributed by atoms with Gasteiger partial charge in [0.1, 0.15) is 11.6 Å². The van der Waals surface area contributed by atoms with Crippen LogP contribution in [0.5, 0.6) is 5.88 Å². The summed E-state index contributed by atoms with van der Waals surface area (Å²) in [6.07, 6.45) is 6.63. The largest absolute Gasteiger partial charge is 0.477 e. The first-order valence-electron chi connectivity index (χ1n) is 7.69. The van der Waals surface area contributed by atoms with E-state index in [-0.39, 0.29) is 5.41 Å². The smallest absolute Gasteiger partial charge is 0.218 e. The normalized spacial score (nSPS) is 17.0. The molecule has 0 spiro atoms. The molecule has 4 heteroatoms. The van der Waals surface area contributed by atoms with Crippen LogP contribution >= 0.6 is 0 Å². The van der Waals surface area contributed by atoms with E-state index in [4.69, 9.17) is 4.74 Å². The van der Waals surface area contributed by atoms with Crippen molar-refractivity contribution in [1.82, 2.24) is 9.97 Å². The maximum atomic E-state index is 5.93.